The number of nitrogens with one attached hydrogen (secondary N) is 1. The summed E-state index contributed by atoms with van der Waals surface area (Å²) in [6.45, 7) is 3.21. The first-order chi connectivity index (χ1) is 6.18. The fourth-order valence-electron chi connectivity index (χ4n) is 1.03. The number of aliphatic hydroxyl groups is 1. The summed E-state index contributed by atoms with van der Waals surface area (Å²) in [6, 6.07) is 8.14. The van der Waals surface area contributed by atoms with Crippen molar-refractivity contribution in [3.8, 4) is 0 Å². The molecule has 1 aromatic carbocycles. The number of hydrogen-bond acceptors (Lipinski definition) is 2. The van der Waals surface area contributed by atoms with Crippen LogP contribution < -0.4 is 5.32 Å². The molecule has 0 aliphatic carbocycles. The first-order valence-corrected chi connectivity index (χ1v) is 5.11. The van der Waals surface area contributed by atoms with Crippen molar-refractivity contribution in [2.45, 2.75) is 19.6 Å². The summed E-state index contributed by atoms with van der Waals surface area (Å²) in [5.41, 5.74) is 1.23. The Hall–Kier alpha value is -0.380. The zero-order valence-corrected chi connectivity index (χ0v) is 9.21. The van der Waals surface area contributed by atoms with Crippen LogP contribution in [-0.4, -0.2) is 17.8 Å². The summed E-state index contributed by atoms with van der Waals surface area (Å²) in [5.74, 6) is 0. The molecule has 0 saturated heterocycles. The lowest BCUT2D eigenvalue weighted by Gasteiger charge is -2.06. The Labute approximate surface area is 87.1 Å². The van der Waals surface area contributed by atoms with E-state index in [1.165, 1.54) is 5.56 Å². The third kappa shape index (κ3) is 4.41. The molecule has 0 aromatic heterocycles. The van der Waals surface area contributed by atoms with Crippen molar-refractivity contribution >= 4 is 15.9 Å². The fraction of sp³-hybridized carbons (Fsp3) is 0.400. The van der Waals surface area contributed by atoms with Crippen LogP contribution >= 0.6 is 15.9 Å². The van der Waals surface area contributed by atoms with Gasteiger partial charge in [0, 0.05) is 17.6 Å². The van der Waals surface area contributed by atoms with Gasteiger partial charge in [0.15, 0.2) is 0 Å². The Balaban J connectivity index is 2.33. The molecular weight excluding hydrogens is 230 g/mol. The van der Waals surface area contributed by atoms with E-state index in [0.717, 1.165) is 11.0 Å². The predicted octanol–water partition coefficient (Wildman–Crippen LogP) is 1.92. The van der Waals surface area contributed by atoms with E-state index in [0.29, 0.717) is 6.54 Å². The van der Waals surface area contributed by atoms with Gasteiger partial charge in [0.1, 0.15) is 0 Å². The van der Waals surface area contributed by atoms with E-state index in [1.807, 2.05) is 12.1 Å². The van der Waals surface area contributed by atoms with E-state index in [4.69, 9.17) is 5.11 Å². The van der Waals surface area contributed by atoms with Crippen LogP contribution in [0.1, 0.15) is 12.5 Å². The third-order valence-electron chi connectivity index (χ3n) is 1.68. The van der Waals surface area contributed by atoms with Gasteiger partial charge in [-0.2, -0.15) is 0 Å². The first kappa shape index (κ1) is 10.7. The van der Waals surface area contributed by atoms with Crippen LogP contribution in [0, 0.1) is 0 Å². The van der Waals surface area contributed by atoms with Crippen molar-refractivity contribution in [2.24, 2.45) is 0 Å². The van der Waals surface area contributed by atoms with Crippen molar-refractivity contribution in [1.29, 1.82) is 0 Å². The lowest BCUT2D eigenvalue weighted by Crippen LogP contribution is -2.23. The van der Waals surface area contributed by atoms with E-state index in [2.05, 4.69) is 33.4 Å². The highest BCUT2D eigenvalue weighted by molar-refractivity contribution is 9.10. The highest BCUT2D eigenvalue weighted by Crippen LogP contribution is 2.09. The van der Waals surface area contributed by atoms with E-state index >= 15 is 0 Å². The Morgan fingerprint density at radius 2 is 2.00 bits per heavy atom. The van der Waals surface area contributed by atoms with Gasteiger partial charge in [0.05, 0.1) is 6.10 Å². The smallest absolute Gasteiger partial charge is 0.0636 e. The molecule has 0 aliphatic rings. The molecule has 2 N–H and O–H groups in total. The van der Waals surface area contributed by atoms with E-state index in [9.17, 15) is 0 Å². The zero-order valence-electron chi connectivity index (χ0n) is 7.63. The second kappa shape index (κ2) is 5.37. The molecule has 72 valence electrons. The lowest BCUT2D eigenvalue weighted by molar-refractivity contribution is 0.191. The van der Waals surface area contributed by atoms with E-state index in [1.54, 1.807) is 6.92 Å². The maximum absolute atomic E-state index is 9.00. The van der Waals surface area contributed by atoms with Gasteiger partial charge in [0.2, 0.25) is 0 Å². The standard InChI is InChI=1S/C10H14BrNO/c1-8(13)6-12-7-9-2-4-10(11)5-3-9/h2-5,8,12-13H,6-7H2,1H3/t8-/m0/s1. The van der Waals surface area contributed by atoms with Gasteiger partial charge in [-0.3, -0.25) is 0 Å². The Morgan fingerprint density at radius 3 is 2.54 bits per heavy atom. The number of rotatable bonds is 4. The van der Waals surface area contributed by atoms with Gasteiger partial charge < -0.3 is 10.4 Å². The van der Waals surface area contributed by atoms with Crippen molar-refractivity contribution in [2.75, 3.05) is 6.54 Å². The second-order valence-corrected chi connectivity index (χ2v) is 4.02. The fourth-order valence-corrected chi connectivity index (χ4v) is 1.29. The molecule has 0 heterocycles. The van der Waals surface area contributed by atoms with Gasteiger partial charge in [-0.05, 0) is 24.6 Å². The van der Waals surface area contributed by atoms with Gasteiger partial charge >= 0.3 is 0 Å². The van der Waals surface area contributed by atoms with E-state index in [-0.39, 0.29) is 6.10 Å². The predicted molar refractivity (Wildman–Crippen MR) is 57.5 cm³/mol. The van der Waals surface area contributed by atoms with Gasteiger partial charge in [0.25, 0.3) is 0 Å². The molecule has 0 unspecified atom stereocenters. The monoisotopic (exact) mass is 243 g/mol. The van der Waals surface area contributed by atoms with Crippen LogP contribution in [0.4, 0.5) is 0 Å². The average molecular weight is 244 g/mol. The summed E-state index contributed by atoms with van der Waals surface area (Å²) < 4.78 is 1.09. The topological polar surface area (TPSA) is 32.3 Å². The summed E-state index contributed by atoms with van der Waals surface area (Å²) in [5, 5.41) is 12.2. The molecule has 0 spiro atoms. The molecule has 0 saturated carbocycles. The van der Waals surface area contributed by atoms with Crippen LogP contribution in [0.3, 0.4) is 0 Å². The number of benzene rings is 1. The summed E-state index contributed by atoms with van der Waals surface area (Å²) in [6.07, 6.45) is -0.282. The zero-order chi connectivity index (χ0) is 9.68. The molecule has 0 amide bonds. The number of halogens is 1. The highest BCUT2D eigenvalue weighted by atomic mass is 79.9. The minimum Gasteiger partial charge on any atom is -0.392 e. The molecule has 1 aromatic rings. The van der Waals surface area contributed by atoms with Crippen LogP contribution in [0.15, 0.2) is 28.7 Å². The van der Waals surface area contributed by atoms with Crippen LogP contribution in [0.25, 0.3) is 0 Å². The van der Waals surface area contributed by atoms with Gasteiger partial charge in [-0.15, -0.1) is 0 Å². The minimum absolute atomic E-state index is 0.282. The quantitative estimate of drug-likeness (QED) is 0.848. The van der Waals surface area contributed by atoms with Gasteiger partial charge in [-0.1, -0.05) is 28.1 Å². The second-order valence-electron chi connectivity index (χ2n) is 3.11. The largest absolute Gasteiger partial charge is 0.392 e. The maximum Gasteiger partial charge on any atom is 0.0636 e. The lowest BCUT2D eigenvalue weighted by atomic mass is 10.2. The molecule has 0 fully saturated rings. The molecule has 1 rings (SSSR count). The minimum atomic E-state index is -0.282. The molecule has 1 atom stereocenters. The average Bonchev–Trinajstić information content (AvgIpc) is 2.08. The molecule has 3 heteroatoms. The molecule has 0 radical (unpaired) electrons. The summed E-state index contributed by atoms with van der Waals surface area (Å²) >= 11 is 3.38. The van der Waals surface area contributed by atoms with E-state index < -0.39 is 0 Å². The van der Waals surface area contributed by atoms with Crippen molar-refractivity contribution in [3.05, 3.63) is 34.3 Å². The molecule has 0 aliphatic heterocycles. The number of aliphatic hydroxyl groups excluding tert-OH is 1. The third-order valence-corrected chi connectivity index (χ3v) is 2.21. The molecule has 0 bridgehead atoms. The van der Waals surface area contributed by atoms with Crippen LogP contribution in [0.5, 0.6) is 0 Å². The molecular formula is C10H14BrNO. The summed E-state index contributed by atoms with van der Waals surface area (Å²) in [4.78, 5) is 0. The normalized spacial score (nSPS) is 12.8. The highest BCUT2D eigenvalue weighted by Gasteiger charge is 1.95. The van der Waals surface area contributed by atoms with Gasteiger partial charge in [-0.25, -0.2) is 0 Å². The Bertz CT molecular complexity index is 246. The maximum atomic E-state index is 9.00. The molecule has 2 nitrogen and oxygen atoms in total. The Morgan fingerprint density at radius 1 is 1.38 bits per heavy atom. The Kier molecular flexibility index (Phi) is 4.42. The first-order valence-electron chi connectivity index (χ1n) is 4.31. The van der Waals surface area contributed by atoms with Crippen molar-refractivity contribution in [3.63, 3.8) is 0 Å². The summed E-state index contributed by atoms with van der Waals surface area (Å²) in [7, 11) is 0. The van der Waals surface area contributed by atoms with Crippen molar-refractivity contribution < 1.29 is 5.11 Å². The van der Waals surface area contributed by atoms with Crippen LogP contribution in [-0.2, 0) is 6.54 Å². The molecule has 13 heavy (non-hydrogen) atoms. The number of hydrogen-bond donors (Lipinski definition) is 2. The van der Waals surface area contributed by atoms with Crippen molar-refractivity contribution in [1.82, 2.24) is 5.32 Å². The SMILES string of the molecule is C[C@H](O)CNCc1ccc(Br)cc1. The van der Waals surface area contributed by atoms with Crippen LogP contribution in [0.2, 0.25) is 0 Å².